The summed E-state index contributed by atoms with van der Waals surface area (Å²) in [4.78, 5) is 0. The van der Waals surface area contributed by atoms with E-state index in [0.717, 1.165) is 17.5 Å². The maximum Gasteiger partial charge on any atom is 0.161 e. The molecule has 0 radical (unpaired) electrons. The molecule has 0 bridgehead atoms. The molecule has 1 aromatic carbocycles. The van der Waals surface area contributed by atoms with Crippen LogP contribution in [0.25, 0.3) is 0 Å². The Morgan fingerprint density at radius 2 is 1.85 bits per heavy atom. The molecule has 0 aliphatic carbocycles. The molecular weight excluding hydrogens is 164 g/mol. The molecule has 1 N–H and O–H groups in total. The highest BCUT2D eigenvalue weighted by atomic mass is 16.5. The van der Waals surface area contributed by atoms with E-state index >= 15 is 0 Å². The van der Waals surface area contributed by atoms with E-state index < -0.39 is 0 Å². The Hall–Kier alpha value is -1.18. The van der Waals surface area contributed by atoms with Crippen LogP contribution in [0.1, 0.15) is 24.5 Å². The van der Waals surface area contributed by atoms with Gasteiger partial charge >= 0.3 is 0 Å². The number of aromatic hydroxyl groups is 1. The fourth-order valence-electron chi connectivity index (χ4n) is 1.10. The summed E-state index contributed by atoms with van der Waals surface area (Å²) >= 11 is 0. The van der Waals surface area contributed by atoms with E-state index in [-0.39, 0.29) is 5.75 Å². The Kier molecular flexibility index (Phi) is 3.18. The normalized spacial score (nSPS) is 10.1. The zero-order valence-electron chi connectivity index (χ0n) is 8.42. The summed E-state index contributed by atoms with van der Waals surface area (Å²) in [7, 11) is 0. The topological polar surface area (TPSA) is 29.5 Å². The number of benzene rings is 1. The first kappa shape index (κ1) is 9.90. The lowest BCUT2D eigenvalue weighted by Crippen LogP contribution is -1.96. The van der Waals surface area contributed by atoms with Gasteiger partial charge in [0.25, 0.3) is 0 Å². The van der Waals surface area contributed by atoms with Crippen molar-refractivity contribution in [2.75, 3.05) is 6.61 Å². The number of hydrogen-bond donors (Lipinski definition) is 1. The van der Waals surface area contributed by atoms with Crippen LogP contribution in [0.2, 0.25) is 0 Å². The quantitative estimate of drug-likeness (QED) is 0.775. The Morgan fingerprint density at radius 1 is 1.23 bits per heavy atom. The van der Waals surface area contributed by atoms with Gasteiger partial charge in [-0.05, 0) is 43.5 Å². The van der Waals surface area contributed by atoms with Gasteiger partial charge < -0.3 is 9.84 Å². The van der Waals surface area contributed by atoms with Gasteiger partial charge in [-0.2, -0.15) is 0 Å². The molecule has 0 amide bonds. The summed E-state index contributed by atoms with van der Waals surface area (Å²) in [6.45, 7) is 6.67. The molecule has 0 spiro atoms. The maximum absolute atomic E-state index is 9.52. The lowest BCUT2D eigenvalue weighted by atomic mass is 10.1. The zero-order chi connectivity index (χ0) is 9.84. The second-order valence-corrected chi connectivity index (χ2v) is 3.25. The Bertz CT molecular complexity index is 292. The summed E-state index contributed by atoms with van der Waals surface area (Å²) in [6, 6.07) is 3.61. The Morgan fingerprint density at radius 3 is 2.46 bits per heavy atom. The van der Waals surface area contributed by atoms with Crippen molar-refractivity contribution in [1.82, 2.24) is 0 Å². The van der Waals surface area contributed by atoms with Crippen LogP contribution in [-0.2, 0) is 0 Å². The lowest BCUT2D eigenvalue weighted by Gasteiger charge is -2.09. The van der Waals surface area contributed by atoms with Crippen molar-refractivity contribution >= 4 is 0 Å². The van der Waals surface area contributed by atoms with Crippen LogP contribution < -0.4 is 4.74 Å². The minimum atomic E-state index is 0.233. The van der Waals surface area contributed by atoms with Crippen LogP contribution in [0.4, 0.5) is 0 Å². The van der Waals surface area contributed by atoms with Crippen molar-refractivity contribution in [3.05, 3.63) is 23.3 Å². The van der Waals surface area contributed by atoms with Crippen molar-refractivity contribution in [3.8, 4) is 11.5 Å². The Balaban J connectivity index is 2.88. The van der Waals surface area contributed by atoms with Crippen LogP contribution in [0, 0.1) is 13.8 Å². The van der Waals surface area contributed by atoms with E-state index in [4.69, 9.17) is 4.74 Å². The molecule has 1 aromatic rings. The van der Waals surface area contributed by atoms with Crippen molar-refractivity contribution < 1.29 is 9.84 Å². The standard InChI is InChI=1S/C11H16O2/c1-4-5-13-11-7-9(3)8(2)6-10(11)12/h6-7,12H,4-5H2,1-3H3. The van der Waals surface area contributed by atoms with E-state index in [2.05, 4.69) is 0 Å². The van der Waals surface area contributed by atoms with Gasteiger partial charge in [-0.3, -0.25) is 0 Å². The average molecular weight is 180 g/mol. The van der Waals surface area contributed by atoms with Crippen LogP contribution in [0.5, 0.6) is 11.5 Å². The fourth-order valence-corrected chi connectivity index (χ4v) is 1.10. The van der Waals surface area contributed by atoms with E-state index in [0.29, 0.717) is 12.4 Å². The van der Waals surface area contributed by atoms with Crippen molar-refractivity contribution in [2.45, 2.75) is 27.2 Å². The van der Waals surface area contributed by atoms with Gasteiger partial charge in [0.1, 0.15) is 0 Å². The van der Waals surface area contributed by atoms with Crippen LogP contribution in [0.3, 0.4) is 0 Å². The molecule has 0 fully saturated rings. The van der Waals surface area contributed by atoms with Crippen molar-refractivity contribution in [3.63, 3.8) is 0 Å². The Labute approximate surface area is 79.2 Å². The van der Waals surface area contributed by atoms with Crippen LogP contribution in [-0.4, -0.2) is 11.7 Å². The van der Waals surface area contributed by atoms with Crippen molar-refractivity contribution in [2.24, 2.45) is 0 Å². The molecule has 2 heteroatoms. The zero-order valence-corrected chi connectivity index (χ0v) is 8.42. The molecular formula is C11H16O2. The first-order valence-electron chi connectivity index (χ1n) is 4.58. The molecule has 0 aromatic heterocycles. The molecule has 13 heavy (non-hydrogen) atoms. The molecule has 0 saturated carbocycles. The summed E-state index contributed by atoms with van der Waals surface area (Å²) in [6.07, 6.45) is 0.951. The third-order valence-electron chi connectivity index (χ3n) is 2.04. The number of hydrogen-bond acceptors (Lipinski definition) is 2. The molecule has 0 saturated heterocycles. The molecule has 0 aliphatic rings. The first-order chi connectivity index (χ1) is 6.15. The number of phenols is 1. The van der Waals surface area contributed by atoms with Gasteiger partial charge in [0.05, 0.1) is 6.61 Å². The molecule has 2 nitrogen and oxygen atoms in total. The monoisotopic (exact) mass is 180 g/mol. The van der Waals surface area contributed by atoms with Gasteiger partial charge in [-0.25, -0.2) is 0 Å². The third kappa shape index (κ3) is 2.38. The SMILES string of the molecule is CCCOc1cc(C)c(C)cc1O. The van der Waals surface area contributed by atoms with E-state index in [9.17, 15) is 5.11 Å². The summed E-state index contributed by atoms with van der Waals surface area (Å²) in [5.41, 5.74) is 2.23. The van der Waals surface area contributed by atoms with Gasteiger partial charge in [0.2, 0.25) is 0 Å². The fraction of sp³-hybridized carbons (Fsp3) is 0.455. The number of phenolic OH excluding ortho intramolecular Hbond substituents is 1. The number of aryl methyl sites for hydroxylation is 2. The molecule has 0 aliphatic heterocycles. The minimum absolute atomic E-state index is 0.233. The minimum Gasteiger partial charge on any atom is -0.504 e. The molecule has 1 rings (SSSR count). The second kappa shape index (κ2) is 4.17. The number of rotatable bonds is 3. The molecule has 0 heterocycles. The van der Waals surface area contributed by atoms with Gasteiger partial charge in [-0.15, -0.1) is 0 Å². The van der Waals surface area contributed by atoms with E-state index in [1.807, 2.05) is 26.8 Å². The van der Waals surface area contributed by atoms with E-state index in [1.165, 1.54) is 0 Å². The number of ether oxygens (including phenoxy) is 1. The molecule has 0 unspecified atom stereocenters. The average Bonchev–Trinajstić information content (AvgIpc) is 2.09. The maximum atomic E-state index is 9.52. The van der Waals surface area contributed by atoms with E-state index in [1.54, 1.807) is 6.07 Å². The third-order valence-corrected chi connectivity index (χ3v) is 2.04. The predicted octanol–water partition coefficient (Wildman–Crippen LogP) is 2.80. The smallest absolute Gasteiger partial charge is 0.161 e. The van der Waals surface area contributed by atoms with Crippen molar-refractivity contribution in [1.29, 1.82) is 0 Å². The summed E-state index contributed by atoms with van der Waals surface area (Å²) in [5, 5.41) is 9.52. The highest BCUT2D eigenvalue weighted by Crippen LogP contribution is 2.28. The lowest BCUT2D eigenvalue weighted by molar-refractivity contribution is 0.299. The van der Waals surface area contributed by atoms with Crippen LogP contribution in [0.15, 0.2) is 12.1 Å². The second-order valence-electron chi connectivity index (χ2n) is 3.25. The molecule has 0 atom stereocenters. The van der Waals surface area contributed by atoms with Gasteiger partial charge in [0.15, 0.2) is 11.5 Å². The highest BCUT2D eigenvalue weighted by molar-refractivity contribution is 5.45. The predicted molar refractivity (Wildman–Crippen MR) is 53.4 cm³/mol. The van der Waals surface area contributed by atoms with Gasteiger partial charge in [0, 0.05) is 0 Å². The highest BCUT2D eigenvalue weighted by Gasteiger charge is 2.04. The largest absolute Gasteiger partial charge is 0.504 e. The van der Waals surface area contributed by atoms with Crippen LogP contribution >= 0.6 is 0 Å². The summed E-state index contributed by atoms with van der Waals surface area (Å²) < 4.78 is 5.37. The first-order valence-corrected chi connectivity index (χ1v) is 4.58. The molecule has 72 valence electrons. The summed E-state index contributed by atoms with van der Waals surface area (Å²) in [5.74, 6) is 0.821. The van der Waals surface area contributed by atoms with Gasteiger partial charge in [-0.1, -0.05) is 6.92 Å².